The summed E-state index contributed by atoms with van der Waals surface area (Å²) >= 11 is 0. The molecule has 1 aromatic carbocycles. The van der Waals surface area contributed by atoms with Crippen LogP contribution >= 0.6 is 12.4 Å². The van der Waals surface area contributed by atoms with Gasteiger partial charge < -0.3 is 10.6 Å². The molecule has 2 heterocycles. The van der Waals surface area contributed by atoms with E-state index in [1.165, 1.54) is 12.8 Å². The second-order valence-corrected chi connectivity index (χ2v) is 9.56. The number of sulfonamides is 1. The van der Waals surface area contributed by atoms with E-state index < -0.39 is 10.0 Å². The maximum Gasteiger partial charge on any atom is 0.243 e. The van der Waals surface area contributed by atoms with Gasteiger partial charge in [-0.2, -0.15) is 4.31 Å². The van der Waals surface area contributed by atoms with E-state index in [1.807, 2.05) is 12.1 Å². The average molecular weight is 430 g/mol. The molecule has 1 aromatic rings. The summed E-state index contributed by atoms with van der Waals surface area (Å²) in [5.74, 6) is 0.590. The van der Waals surface area contributed by atoms with Gasteiger partial charge in [-0.15, -0.1) is 12.4 Å². The lowest BCUT2D eigenvalue weighted by molar-refractivity contribution is -0.121. The van der Waals surface area contributed by atoms with Gasteiger partial charge >= 0.3 is 0 Å². The topological polar surface area (TPSA) is 78.5 Å². The van der Waals surface area contributed by atoms with E-state index in [4.69, 9.17) is 0 Å². The first-order chi connectivity index (χ1) is 13.1. The highest BCUT2D eigenvalue weighted by Crippen LogP contribution is 2.21. The minimum absolute atomic E-state index is 0. The van der Waals surface area contributed by atoms with Crippen molar-refractivity contribution >= 4 is 28.3 Å². The molecule has 1 unspecified atom stereocenters. The minimum atomic E-state index is -3.38. The number of aryl methyl sites for hydroxylation is 1. The lowest BCUT2D eigenvalue weighted by Gasteiger charge is -2.25. The molecule has 8 heteroatoms. The smallest absolute Gasteiger partial charge is 0.243 e. The highest BCUT2D eigenvalue weighted by molar-refractivity contribution is 7.89. The third-order valence-electron chi connectivity index (χ3n) is 5.50. The van der Waals surface area contributed by atoms with Crippen molar-refractivity contribution in [3.63, 3.8) is 0 Å². The molecule has 0 bridgehead atoms. The summed E-state index contributed by atoms with van der Waals surface area (Å²) < 4.78 is 26.9. The van der Waals surface area contributed by atoms with Crippen LogP contribution in [0.25, 0.3) is 0 Å². The summed E-state index contributed by atoms with van der Waals surface area (Å²) in [5, 5.41) is 6.37. The number of nitrogens with zero attached hydrogens (tertiary/aromatic N) is 1. The summed E-state index contributed by atoms with van der Waals surface area (Å²) in [5.41, 5.74) is 0.988. The molecule has 0 spiro atoms. The van der Waals surface area contributed by atoms with E-state index in [9.17, 15) is 13.2 Å². The van der Waals surface area contributed by atoms with E-state index in [2.05, 4.69) is 10.6 Å². The summed E-state index contributed by atoms with van der Waals surface area (Å²) in [7, 11) is -3.38. The Hall–Kier alpha value is -1.15. The summed E-state index contributed by atoms with van der Waals surface area (Å²) in [6.45, 7) is 4.02. The molecule has 28 heavy (non-hydrogen) atoms. The van der Waals surface area contributed by atoms with Gasteiger partial charge in [0.2, 0.25) is 15.9 Å². The number of halogens is 1. The third-order valence-corrected chi connectivity index (χ3v) is 7.42. The number of nitrogens with one attached hydrogen (secondary N) is 2. The molecule has 2 aliphatic heterocycles. The van der Waals surface area contributed by atoms with Gasteiger partial charge in [-0.25, -0.2) is 8.42 Å². The molecule has 6 nitrogen and oxygen atoms in total. The van der Waals surface area contributed by atoms with Gasteiger partial charge in [0, 0.05) is 26.1 Å². The second-order valence-electron chi connectivity index (χ2n) is 7.63. The van der Waals surface area contributed by atoms with Gasteiger partial charge in [0.1, 0.15) is 0 Å². The highest BCUT2D eigenvalue weighted by Gasteiger charge is 2.25. The predicted molar refractivity (Wildman–Crippen MR) is 113 cm³/mol. The molecule has 0 aromatic heterocycles. The van der Waals surface area contributed by atoms with Crippen molar-refractivity contribution in [2.24, 2.45) is 5.92 Å². The molecule has 3 rings (SSSR count). The SMILES string of the molecule is Cl.O=C(CCc1ccc(S(=O)(=O)N2CCCCC2)cc1)NCC1CCCNC1. The molecule has 2 N–H and O–H groups in total. The third kappa shape index (κ3) is 6.44. The van der Waals surface area contributed by atoms with E-state index in [0.29, 0.717) is 36.7 Å². The number of carbonyl (C=O) groups excluding carboxylic acids is 1. The Morgan fingerprint density at radius 3 is 2.46 bits per heavy atom. The van der Waals surface area contributed by atoms with Crippen molar-refractivity contribution < 1.29 is 13.2 Å². The minimum Gasteiger partial charge on any atom is -0.356 e. The molecule has 1 amide bonds. The first kappa shape index (κ1) is 23.1. The Balaban J connectivity index is 0.00000280. The Labute approximate surface area is 174 Å². The fraction of sp³-hybridized carbons (Fsp3) is 0.650. The van der Waals surface area contributed by atoms with Crippen LogP contribution in [0, 0.1) is 5.92 Å². The van der Waals surface area contributed by atoms with Crippen LogP contribution in [0.4, 0.5) is 0 Å². The number of piperidine rings is 2. The van der Waals surface area contributed by atoms with Crippen LogP contribution in [0.5, 0.6) is 0 Å². The monoisotopic (exact) mass is 429 g/mol. The van der Waals surface area contributed by atoms with Crippen LogP contribution in [0.2, 0.25) is 0 Å². The van der Waals surface area contributed by atoms with E-state index in [0.717, 1.165) is 44.5 Å². The van der Waals surface area contributed by atoms with Gasteiger partial charge in [-0.3, -0.25) is 4.79 Å². The van der Waals surface area contributed by atoms with Crippen LogP contribution in [0.1, 0.15) is 44.1 Å². The van der Waals surface area contributed by atoms with E-state index >= 15 is 0 Å². The first-order valence-electron chi connectivity index (χ1n) is 10.1. The van der Waals surface area contributed by atoms with Crippen molar-refractivity contribution in [2.45, 2.75) is 49.8 Å². The van der Waals surface area contributed by atoms with Gasteiger partial charge in [-0.1, -0.05) is 18.6 Å². The number of hydrogen-bond acceptors (Lipinski definition) is 4. The molecule has 2 aliphatic rings. The molecule has 0 radical (unpaired) electrons. The quantitative estimate of drug-likeness (QED) is 0.697. The summed E-state index contributed by atoms with van der Waals surface area (Å²) in [6.07, 6.45) is 6.36. The lowest BCUT2D eigenvalue weighted by atomic mass is 10.00. The Bertz CT molecular complexity index is 713. The van der Waals surface area contributed by atoms with Crippen molar-refractivity contribution in [2.75, 3.05) is 32.7 Å². The second kappa shape index (κ2) is 11.1. The molecule has 1 atom stereocenters. The first-order valence-corrected chi connectivity index (χ1v) is 11.6. The van der Waals surface area contributed by atoms with Gasteiger partial charge in [0.15, 0.2) is 0 Å². The van der Waals surface area contributed by atoms with Gasteiger partial charge in [0.25, 0.3) is 0 Å². The van der Waals surface area contributed by atoms with Crippen LogP contribution in [0.3, 0.4) is 0 Å². The molecule has 0 saturated carbocycles. The zero-order valence-corrected chi connectivity index (χ0v) is 18.0. The molecule has 0 aliphatic carbocycles. The Kier molecular flexibility index (Phi) is 9.21. The number of carbonyl (C=O) groups is 1. The van der Waals surface area contributed by atoms with Crippen molar-refractivity contribution in [1.82, 2.24) is 14.9 Å². The molecule has 158 valence electrons. The zero-order chi connectivity index (χ0) is 19.1. The van der Waals surface area contributed by atoms with Gasteiger partial charge in [-0.05, 0) is 68.8 Å². The van der Waals surface area contributed by atoms with Crippen molar-refractivity contribution in [3.05, 3.63) is 29.8 Å². The van der Waals surface area contributed by atoms with E-state index in [1.54, 1.807) is 16.4 Å². The predicted octanol–water partition coefficient (Wildman–Crippen LogP) is 2.33. The lowest BCUT2D eigenvalue weighted by Crippen LogP contribution is -2.38. The summed E-state index contributed by atoms with van der Waals surface area (Å²) in [6, 6.07) is 7.00. The molecular formula is C20H32ClN3O3S. The maximum absolute atomic E-state index is 12.7. The zero-order valence-electron chi connectivity index (χ0n) is 16.4. The van der Waals surface area contributed by atoms with E-state index in [-0.39, 0.29) is 18.3 Å². The fourth-order valence-electron chi connectivity index (χ4n) is 3.79. The van der Waals surface area contributed by atoms with Crippen LogP contribution < -0.4 is 10.6 Å². The Morgan fingerprint density at radius 1 is 1.11 bits per heavy atom. The van der Waals surface area contributed by atoms with Gasteiger partial charge in [0.05, 0.1) is 4.90 Å². The number of rotatable bonds is 7. The van der Waals surface area contributed by atoms with Crippen LogP contribution in [0.15, 0.2) is 29.2 Å². The average Bonchev–Trinajstić information content (AvgIpc) is 2.72. The fourth-order valence-corrected chi connectivity index (χ4v) is 5.30. The molecule has 2 fully saturated rings. The van der Waals surface area contributed by atoms with Crippen molar-refractivity contribution in [1.29, 1.82) is 0 Å². The van der Waals surface area contributed by atoms with Crippen LogP contribution in [-0.4, -0.2) is 51.4 Å². The Morgan fingerprint density at radius 2 is 1.82 bits per heavy atom. The highest BCUT2D eigenvalue weighted by atomic mass is 35.5. The molecular weight excluding hydrogens is 398 g/mol. The standard InChI is InChI=1S/C20H31N3O3S.ClH/c24-20(22-16-18-5-4-12-21-15-18)11-8-17-6-9-19(10-7-17)27(25,26)23-13-2-1-3-14-23;/h6-7,9-10,18,21H,1-5,8,11-16H2,(H,22,24);1H. The maximum atomic E-state index is 12.7. The number of benzene rings is 1. The number of amides is 1. The normalized spacial score (nSPS) is 20.9. The van der Waals surface area contributed by atoms with Crippen LogP contribution in [-0.2, 0) is 21.2 Å². The number of hydrogen-bond donors (Lipinski definition) is 2. The largest absolute Gasteiger partial charge is 0.356 e. The summed E-state index contributed by atoms with van der Waals surface area (Å²) in [4.78, 5) is 12.4. The van der Waals surface area contributed by atoms with Crippen molar-refractivity contribution in [3.8, 4) is 0 Å². The molecule has 2 saturated heterocycles.